The topological polar surface area (TPSA) is 69.2 Å². The van der Waals surface area contributed by atoms with Crippen LogP contribution in [0.15, 0.2) is 22.8 Å². The van der Waals surface area contributed by atoms with Crippen LogP contribution >= 0.6 is 0 Å². The van der Waals surface area contributed by atoms with Gasteiger partial charge in [0.05, 0.1) is 12.3 Å². The summed E-state index contributed by atoms with van der Waals surface area (Å²) in [5, 5.41) is 21.5. The summed E-state index contributed by atoms with van der Waals surface area (Å²) in [5.41, 5.74) is 0.0681. The molecule has 0 fully saturated rings. The van der Waals surface area contributed by atoms with Gasteiger partial charge in [-0.3, -0.25) is 0 Å². The van der Waals surface area contributed by atoms with Gasteiger partial charge >= 0.3 is 0 Å². The predicted octanol–water partition coefficient (Wildman–Crippen LogP) is 2.23. The zero-order valence-corrected chi connectivity index (χ0v) is 10.4. The maximum atomic E-state index is 9.77. The summed E-state index contributed by atoms with van der Waals surface area (Å²) in [6, 6.07) is 5.67. The van der Waals surface area contributed by atoms with Crippen molar-refractivity contribution in [2.75, 3.05) is 13.1 Å². The number of hydrogen-bond acceptors (Lipinski definition) is 4. The van der Waals surface area contributed by atoms with Crippen molar-refractivity contribution in [3.05, 3.63) is 24.2 Å². The van der Waals surface area contributed by atoms with Gasteiger partial charge in [-0.15, -0.1) is 0 Å². The Morgan fingerprint density at radius 1 is 1.59 bits per heavy atom. The molecule has 0 aromatic carbocycles. The van der Waals surface area contributed by atoms with Crippen LogP contribution in [0, 0.1) is 16.7 Å². The van der Waals surface area contributed by atoms with E-state index in [-0.39, 0.29) is 5.41 Å². The third-order valence-corrected chi connectivity index (χ3v) is 2.73. The minimum absolute atomic E-state index is 0.0681. The Labute approximate surface area is 102 Å². The molecule has 1 heterocycles. The highest BCUT2D eigenvalue weighted by molar-refractivity contribution is 5.02. The molecular formula is C13H20N2O2. The first-order valence-electron chi connectivity index (χ1n) is 5.84. The van der Waals surface area contributed by atoms with E-state index in [1.54, 1.807) is 18.4 Å². The molecule has 1 atom stereocenters. The molecule has 1 unspecified atom stereocenters. The smallest absolute Gasteiger partial charge is 0.133 e. The van der Waals surface area contributed by atoms with Gasteiger partial charge in [0.25, 0.3) is 0 Å². The minimum Gasteiger partial charge on any atom is -0.467 e. The third kappa shape index (κ3) is 5.03. The van der Waals surface area contributed by atoms with Crippen molar-refractivity contribution in [3.63, 3.8) is 0 Å². The lowest BCUT2D eigenvalue weighted by Gasteiger charge is -2.24. The highest BCUT2D eigenvalue weighted by Crippen LogP contribution is 2.21. The molecule has 0 saturated carbocycles. The van der Waals surface area contributed by atoms with Gasteiger partial charge in [0, 0.05) is 19.5 Å². The fraction of sp³-hybridized carbons (Fsp3) is 0.615. The van der Waals surface area contributed by atoms with Crippen molar-refractivity contribution < 1.29 is 9.52 Å². The fourth-order valence-electron chi connectivity index (χ4n) is 1.61. The summed E-state index contributed by atoms with van der Waals surface area (Å²) < 4.78 is 5.11. The average molecular weight is 236 g/mol. The first-order valence-corrected chi connectivity index (χ1v) is 5.84. The molecule has 94 valence electrons. The van der Waals surface area contributed by atoms with E-state index in [1.165, 1.54) is 0 Å². The molecular weight excluding hydrogens is 216 g/mol. The summed E-state index contributed by atoms with van der Waals surface area (Å²) >= 11 is 0. The van der Waals surface area contributed by atoms with Crippen LogP contribution in [0.1, 0.15) is 38.6 Å². The van der Waals surface area contributed by atoms with Gasteiger partial charge in [-0.1, -0.05) is 13.8 Å². The first-order chi connectivity index (χ1) is 8.05. The molecule has 0 aliphatic rings. The van der Waals surface area contributed by atoms with Crippen molar-refractivity contribution in [2.45, 2.75) is 32.8 Å². The maximum Gasteiger partial charge on any atom is 0.133 e. The number of nitriles is 1. The molecule has 0 radical (unpaired) electrons. The van der Waals surface area contributed by atoms with Crippen LogP contribution in [0.4, 0.5) is 0 Å². The van der Waals surface area contributed by atoms with E-state index in [1.807, 2.05) is 0 Å². The Hall–Kier alpha value is -1.31. The predicted molar refractivity (Wildman–Crippen MR) is 65.2 cm³/mol. The second kappa shape index (κ2) is 6.43. The van der Waals surface area contributed by atoms with Crippen LogP contribution in [0.5, 0.6) is 0 Å². The zero-order chi connectivity index (χ0) is 12.7. The lowest BCUT2D eigenvalue weighted by atomic mass is 9.88. The summed E-state index contributed by atoms with van der Waals surface area (Å²) in [4.78, 5) is 0. The van der Waals surface area contributed by atoms with Crippen LogP contribution in [0.2, 0.25) is 0 Å². The zero-order valence-electron chi connectivity index (χ0n) is 10.4. The van der Waals surface area contributed by atoms with Crippen molar-refractivity contribution in [1.82, 2.24) is 5.32 Å². The largest absolute Gasteiger partial charge is 0.467 e. The average Bonchev–Trinajstić information content (AvgIpc) is 2.79. The Bertz CT molecular complexity index is 352. The van der Waals surface area contributed by atoms with Gasteiger partial charge in [-0.25, -0.2) is 0 Å². The molecule has 0 aliphatic carbocycles. The number of hydrogen-bond donors (Lipinski definition) is 2. The van der Waals surface area contributed by atoms with Crippen LogP contribution < -0.4 is 5.32 Å². The van der Waals surface area contributed by atoms with Crippen molar-refractivity contribution in [3.8, 4) is 6.07 Å². The lowest BCUT2D eigenvalue weighted by molar-refractivity contribution is 0.142. The Morgan fingerprint density at radius 2 is 2.35 bits per heavy atom. The first kappa shape index (κ1) is 13.8. The molecule has 4 heteroatoms. The molecule has 0 saturated heterocycles. The number of rotatable bonds is 7. The quantitative estimate of drug-likeness (QED) is 0.761. The molecule has 0 aliphatic heterocycles. The van der Waals surface area contributed by atoms with Gasteiger partial charge < -0.3 is 14.8 Å². The van der Waals surface area contributed by atoms with E-state index in [0.29, 0.717) is 18.7 Å². The molecule has 1 aromatic rings. The van der Waals surface area contributed by atoms with Crippen molar-refractivity contribution in [1.29, 1.82) is 5.26 Å². The number of aliphatic hydroxyl groups excluding tert-OH is 1. The second-order valence-electron chi connectivity index (χ2n) is 4.98. The lowest BCUT2D eigenvalue weighted by Crippen LogP contribution is -2.32. The van der Waals surface area contributed by atoms with Gasteiger partial charge in [-0.2, -0.15) is 5.26 Å². The van der Waals surface area contributed by atoms with Crippen LogP contribution in [-0.2, 0) is 0 Å². The van der Waals surface area contributed by atoms with Crippen LogP contribution in [-0.4, -0.2) is 18.2 Å². The van der Waals surface area contributed by atoms with Crippen molar-refractivity contribution >= 4 is 0 Å². The maximum absolute atomic E-state index is 9.77. The number of nitrogens with one attached hydrogen (secondary N) is 1. The van der Waals surface area contributed by atoms with E-state index in [0.717, 1.165) is 13.0 Å². The van der Waals surface area contributed by atoms with E-state index in [4.69, 9.17) is 9.68 Å². The van der Waals surface area contributed by atoms with Crippen LogP contribution in [0.3, 0.4) is 0 Å². The van der Waals surface area contributed by atoms with Gasteiger partial charge in [0.15, 0.2) is 0 Å². The van der Waals surface area contributed by atoms with Crippen LogP contribution in [0.25, 0.3) is 0 Å². The Balaban J connectivity index is 2.25. The monoisotopic (exact) mass is 236 g/mol. The Morgan fingerprint density at radius 3 is 2.94 bits per heavy atom. The summed E-state index contributed by atoms with van der Waals surface area (Å²) in [6.45, 7) is 5.45. The molecule has 4 nitrogen and oxygen atoms in total. The molecule has 0 spiro atoms. The second-order valence-corrected chi connectivity index (χ2v) is 4.98. The molecule has 1 aromatic heterocycles. The third-order valence-electron chi connectivity index (χ3n) is 2.73. The Kier molecular flexibility index (Phi) is 5.20. The molecule has 1 rings (SSSR count). The minimum atomic E-state index is -0.614. The number of aliphatic hydroxyl groups is 1. The van der Waals surface area contributed by atoms with Crippen molar-refractivity contribution in [2.24, 2.45) is 5.41 Å². The number of furan rings is 1. The summed E-state index contributed by atoms with van der Waals surface area (Å²) in [5.74, 6) is 0.576. The van der Waals surface area contributed by atoms with E-state index in [2.05, 4.69) is 25.2 Å². The normalized spacial score (nSPS) is 13.3. The summed E-state index contributed by atoms with van der Waals surface area (Å²) in [7, 11) is 0. The molecule has 17 heavy (non-hydrogen) atoms. The van der Waals surface area contributed by atoms with Gasteiger partial charge in [0.2, 0.25) is 0 Å². The van der Waals surface area contributed by atoms with Gasteiger partial charge in [0.1, 0.15) is 11.9 Å². The van der Waals surface area contributed by atoms with E-state index < -0.39 is 6.10 Å². The molecule has 2 N–H and O–H groups in total. The SMILES string of the molecule is CC(C)(CCC#N)CNCC(O)c1ccco1. The molecule has 0 bridgehead atoms. The standard InChI is InChI=1S/C13H20N2O2/c1-13(2,6-4-7-14)10-15-9-11(16)12-5-3-8-17-12/h3,5,8,11,15-16H,4,6,9-10H2,1-2H3. The van der Waals surface area contributed by atoms with E-state index in [9.17, 15) is 5.11 Å². The number of nitrogens with zero attached hydrogens (tertiary/aromatic N) is 1. The highest BCUT2D eigenvalue weighted by Gasteiger charge is 2.18. The summed E-state index contributed by atoms with van der Waals surface area (Å²) in [6.07, 6.45) is 2.36. The van der Waals surface area contributed by atoms with E-state index >= 15 is 0 Å². The fourth-order valence-corrected chi connectivity index (χ4v) is 1.61. The molecule has 0 amide bonds. The van der Waals surface area contributed by atoms with Gasteiger partial charge in [-0.05, 0) is 24.0 Å². The highest BCUT2D eigenvalue weighted by atomic mass is 16.4.